The Labute approximate surface area is 99.5 Å². The van der Waals surface area contributed by atoms with Gasteiger partial charge < -0.3 is 10.4 Å². The monoisotopic (exact) mass is 239 g/mol. The lowest BCUT2D eigenvalue weighted by atomic mass is 9.74. The van der Waals surface area contributed by atoms with Crippen molar-refractivity contribution in [2.45, 2.75) is 38.5 Å². The summed E-state index contributed by atoms with van der Waals surface area (Å²) in [6.45, 7) is 4.28. The molecule has 1 heterocycles. The van der Waals surface area contributed by atoms with Gasteiger partial charge in [-0.25, -0.2) is 4.79 Å². The average Bonchev–Trinajstić information content (AvgIpc) is 2.57. The van der Waals surface area contributed by atoms with E-state index < -0.39 is 5.97 Å². The molecule has 0 aliphatic heterocycles. The van der Waals surface area contributed by atoms with E-state index in [0.29, 0.717) is 5.56 Å². The fourth-order valence-corrected chi connectivity index (χ4v) is 3.93. The molecular formula is C12H17NO2S. The molecule has 0 aromatic carbocycles. The number of rotatable bonds is 2. The molecule has 88 valence electrons. The van der Waals surface area contributed by atoms with Gasteiger partial charge >= 0.3 is 5.97 Å². The first-order chi connectivity index (χ1) is 7.47. The van der Waals surface area contributed by atoms with E-state index in [1.807, 2.05) is 0 Å². The molecule has 1 aromatic heterocycles. The molecular weight excluding hydrogens is 222 g/mol. The van der Waals surface area contributed by atoms with Gasteiger partial charge in [-0.1, -0.05) is 13.8 Å². The second-order valence-electron chi connectivity index (χ2n) is 4.90. The first kappa shape index (κ1) is 11.5. The zero-order valence-electron chi connectivity index (χ0n) is 9.89. The maximum absolute atomic E-state index is 11.4. The topological polar surface area (TPSA) is 49.3 Å². The normalized spacial score (nSPS) is 17.9. The maximum Gasteiger partial charge on any atom is 0.339 e. The van der Waals surface area contributed by atoms with Gasteiger partial charge in [0.2, 0.25) is 0 Å². The van der Waals surface area contributed by atoms with Crippen LogP contribution in [0.25, 0.3) is 0 Å². The highest BCUT2D eigenvalue weighted by molar-refractivity contribution is 7.16. The Hall–Kier alpha value is -1.03. The third kappa shape index (κ3) is 1.61. The van der Waals surface area contributed by atoms with Gasteiger partial charge in [0.05, 0.1) is 5.56 Å². The largest absolute Gasteiger partial charge is 0.478 e. The smallest absolute Gasteiger partial charge is 0.339 e. The van der Waals surface area contributed by atoms with Crippen LogP contribution >= 0.6 is 11.3 Å². The maximum atomic E-state index is 11.4. The average molecular weight is 239 g/mol. The fraction of sp³-hybridized carbons (Fsp3) is 0.583. The third-order valence-electron chi connectivity index (χ3n) is 3.30. The first-order valence-corrected chi connectivity index (χ1v) is 6.36. The van der Waals surface area contributed by atoms with Crippen LogP contribution in [0.5, 0.6) is 0 Å². The van der Waals surface area contributed by atoms with Crippen molar-refractivity contribution in [2.75, 3.05) is 12.4 Å². The van der Waals surface area contributed by atoms with Gasteiger partial charge in [0.1, 0.15) is 5.00 Å². The van der Waals surface area contributed by atoms with Crippen LogP contribution < -0.4 is 5.32 Å². The van der Waals surface area contributed by atoms with Crippen molar-refractivity contribution in [3.8, 4) is 0 Å². The van der Waals surface area contributed by atoms with Crippen LogP contribution in [0.15, 0.2) is 0 Å². The second kappa shape index (κ2) is 3.77. The highest BCUT2D eigenvalue weighted by Gasteiger charge is 2.35. The molecule has 2 rings (SSSR count). The van der Waals surface area contributed by atoms with Crippen molar-refractivity contribution in [3.63, 3.8) is 0 Å². The molecule has 3 nitrogen and oxygen atoms in total. The summed E-state index contributed by atoms with van der Waals surface area (Å²) < 4.78 is 0. The van der Waals surface area contributed by atoms with Crippen molar-refractivity contribution in [2.24, 2.45) is 0 Å². The lowest BCUT2D eigenvalue weighted by Gasteiger charge is -2.30. The molecule has 1 aromatic rings. The van der Waals surface area contributed by atoms with Crippen LogP contribution in [0.4, 0.5) is 5.00 Å². The van der Waals surface area contributed by atoms with E-state index in [2.05, 4.69) is 19.2 Å². The molecule has 1 aliphatic rings. The number of carboxylic acid groups (broad SMARTS) is 1. The number of aromatic carboxylic acids is 1. The van der Waals surface area contributed by atoms with Crippen molar-refractivity contribution < 1.29 is 9.90 Å². The molecule has 0 unspecified atom stereocenters. The molecule has 0 atom stereocenters. The van der Waals surface area contributed by atoms with E-state index in [-0.39, 0.29) is 5.41 Å². The number of fused-ring (bicyclic) bond motifs is 1. The molecule has 0 amide bonds. The Balaban J connectivity index is 2.67. The minimum atomic E-state index is -0.808. The van der Waals surface area contributed by atoms with E-state index in [1.54, 1.807) is 18.4 Å². The lowest BCUT2D eigenvalue weighted by Crippen LogP contribution is -2.25. The van der Waals surface area contributed by atoms with Crippen LogP contribution in [-0.4, -0.2) is 18.1 Å². The van der Waals surface area contributed by atoms with Crippen LogP contribution in [-0.2, 0) is 11.8 Å². The number of carboxylic acids is 1. The minimum absolute atomic E-state index is 0.00704. The van der Waals surface area contributed by atoms with Gasteiger partial charge in [0.15, 0.2) is 0 Å². The summed E-state index contributed by atoms with van der Waals surface area (Å²) in [7, 11) is 1.79. The molecule has 0 saturated carbocycles. The first-order valence-electron chi connectivity index (χ1n) is 5.54. The van der Waals surface area contributed by atoms with Crippen molar-refractivity contribution in [3.05, 3.63) is 16.0 Å². The number of carbonyl (C=O) groups is 1. The Bertz CT molecular complexity index is 434. The van der Waals surface area contributed by atoms with E-state index in [4.69, 9.17) is 0 Å². The number of anilines is 1. The van der Waals surface area contributed by atoms with Gasteiger partial charge in [0.25, 0.3) is 0 Å². The Morgan fingerprint density at radius 2 is 2.19 bits per heavy atom. The van der Waals surface area contributed by atoms with Gasteiger partial charge in [-0.3, -0.25) is 0 Å². The van der Waals surface area contributed by atoms with Gasteiger partial charge in [-0.2, -0.15) is 0 Å². The van der Waals surface area contributed by atoms with Crippen LogP contribution in [0, 0.1) is 0 Å². The molecule has 16 heavy (non-hydrogen) atoms. The van der Waals surface area contributed by atoms with E-state index in [0.717, 1.165) is 29.8 Å². The van der Waals surface area contributed by atoms with Crippen LogP contribution in [0.3, 0.4) is 0 Å². The number of hydrogen-bond donors (Lipinski definition) is 2. The molecule has 2 N–H and O–H groups in total. The van der Waals surface area contributed by atoms with Crippen molar-refractivity contribution in [1.29, 1.82) is 0 Å². The highest BCUT2D eigenvalue weighted by Crippen LogP contribution is 2.46. The van der Waals surface area contributed by atoms with E-state index in [9.17, 15) is 9.90 Å². The molecule has 0 fully saturated rings. The van der Waals surface area contributed by atoms with Crippen molar-refractivity contribution in [1.82, 2.24) is 0 Å². The fourth-order valence-electron chi connectivity index (χ4n) is 2.57. The summed E-state index contributed by atoms with van der Waals surface area (Å²) in [5.41, 5.74) is 1.54. The molecule has 0 radical (unpaired) electrons. The second-order valence-corrected chi connectivity index (χ2v) is 6.00. The van der Waals surface area contributed by atoms with Crippen LogP contribution in [0.1, 0.15) is 47.5 Å². The quantitative estimate of drug-likeness (QED) is 0.833. The standard InChI is InChI=1S/C12H17NO2S/c1-12(2)6-4-5-7-9(12)8(11(14)15)10(13-3)16-7/h13H,4-6H2,1-3H3,(H,14,15). The summed E-state index contributed by atoms with van der Waals surface area (Å²) in [4.78, 5) is 12.6. The molecule has 0 spiro atoms. The Morgan fingerprint density at radius 3 is 2.75 bits per heavy atom. The number of hydrogen-bond acceptors (Lipinski definition) is 3. The zero-order chi connectivity index (χ0) is 11.9. The molecule has 4 heteroatoms. The highest BCUT2D eigenvalue weighted by atomic mass is 32.1. The van der Waals surface area contributed by atoms with Crippen LogP contribution in [0.2, 0.25) is 0 Å². The van der Waals surface area contributed by atoms with E-state index >= 15 is 0 Å². The Morgan fingerprint density at radius 1 is 1.50 bits per heavy atom. The van der Waals surface area contributed by atoms with Gasteiger partial charge in [0, 0.05) is 11.9 Å². The summed E-state index contributed by atoms with van der Waals surface area (Å²) in [6, 6.07) is 0. The number of nitrogens with one attached hydrogen (secondary N) is 1. The van der Waals surface area contributed by atoms with Gasteiger partial charge in [-0.05, 0) is 30.2 Å². The molecule has 0 bridgehead atoms. The molecule has 0 saturated heterocycles. The van der Waals surface area contributed by atoms with Crippen molar-refractivity contribution >= 4 is 22.3 Å². The summed E-state index contributed by atoms with van der Waals surface area (Å²) >= 11 is 1.60. The summed E-state index contributed by atoms with van der Waals surface area (Å²) in [6.07, 6.45) is 3.24. The minimum Gasteiger partial charge on any atom is -0.478 e. The number of thiophene rings is 1. The number of aryl methyl sites for hydroxylation is 1. The predicted molar refractivity (Wildman–Crippen MR) is 66.8 cm³/mol. The Kier molecular flexibility index (Phi) is 2.70. The summed E-state index contributed by atoms with van der Waals surface area (Å²) in [5, 5.41) is 13.1. The molecule has 1 aliphatic carbocycles. The zero-order valence-corrected chi connectivity index (χ0v) is 10.7. The predicted octanol–water partition coefficient (Wildman–Crippen LogP) is 3.10. The third-order valence-corrected chi connectivity index (χ3v) is 4.57. The summed E-state index contributed by atoms with van der Waals surface area (Å²) in [5.74, 6) is -0.808. The van der Waals surface area contributed by atoms with Gasteiger partial charge in [-0.15, -0.1) is 11.3 Å². The van der Waals surface area contributed by atoms with E-state index in [1.165, 1.54) is 4.88 Å². The SMILES string of the molecule is CNc1sc2c(c1C(=O)O)C(C)(C)CCC2. The lowest BCUT2D eigenvalue weighted by molar-refractivity contribution is 0.0695.